The molecule has 0 aliphatic carbocycles. The lowest BCUT2D eigenvalue weighted by Gasteiger charge is -2.34. The maximum atomic E-state index is 11.9. The Hall–Kier alpha value is -1.18. The van der Waals surface area contributed by atoms with E-state index in [-0.39, 0.29) is 12.0 Å². The molecular weight excluding hydrogens is 299 g/mol. The minimum atomic E-state index is -4.33. The summed E-state index contributed by atoms with van der Waals surface area (Å²) in [5.74, 6) is 0.264. The van der Waals surface area contributed by atoms with Gasteiger partial charge >= 0.3 is 6.18 Å². The van der Waals surface area contributed by atoms with E-state index < -0.39 is 24.1 Å². The van der Waals surface area contributed by atoms with Crippen LogP contribution in [0.5, 0.6) is 0 Å². The third kappa shape index (κ3) is 5.55. The zero-order valence-corrected chi connectivity index (χ0v) is 12.8. The fourth-order valence-corrected chi connectivity index (χ4v) is 2.10. The monoisotopic (exact) mass is 321 g/mol. The van der Waals surface area contributed by atoms with E-state index >= 15 is 0 Å². The molecule has 4 nitrogen and oxygen atoms in total. The highest BCUT2D eigenvalue weighted by Crippen LogP contribution is 2.27. The van der Waals surface area contributed by atoms with E-state index in [1.807, 2.05) is 13.8 Å². The number of alkyl halides is 3. The van der Waals surface area contributed by atoms with Gasteiger partial charge in [0.1, 0.15) is 11.8 Å². The standard InChI is InChI=1S/C8H16O3.C7H6F3N/c1-5(2)8-7(10)6(9)3-4-11-8;1-5-3-2-4-6(11-5)7(8,9)10/h5-10H,3-4H2,1-2H3;2-4H,1H3. The second-order valence-electron chi connectivity index (χ2n) is 5.59. The van der Waals surface area contributed by atoms with Crippen LogP contribution in [0.4, 0.5) is 13.2 Å². The number of aliphatic hydroxyl groups excluding tert-OH is 2. The van der Waals surface area contributed by atoms with Gasteiger partial charge in [-0.2, -0.15) is 13.2 Å². The van der Waals surface area contributed by atoms with Crippen molar-refractivity contribution in [1.82, 2.24) is 4.98 Å². The van der Waals surface area contributed by atoms with Crippen LogP contribution in [-0.2, 0) is 10.9 Å². The number of aryl methyl sites for hydroxylation is 1. The Morgan fingerprint density at radius 1 is 1.27 bits per heavy atom. The molecule has 2 N–H and O–H groups in total. The molecule has 0 aromatic carbocycles. The zero-order valence-electron chi connectivity index (χ0n) is 12.8. The molecular formula is C15H22F3NO3. The van der Waals surface area contributed by atoms with Crippen LogP contribution in [0.25, 0.3) is 0 Å². The molecule has 22 heavy (non-hydrogen) atoms. The molecule has 1 aromatic rings. The van der Waals surface area contributed by atoms with Gasteiger partial charge in [-0.05, 0) is 31.4 Å². The minimum Gasteiger partial charge on any atom is -0.390 e. The van der Waals surface area contributed by atoms with Crippen molar-refractivity contribution in [2.24, 2.45) is 5.92 Å². The first-order chi connectivity index (χ1) is 10.1. The number of rotatable bonds is 1. The molecule has 1 aromatic heterocycles. The number of hydrogen-bond donors (Lipinski definition) is 2. The van der Waals surface area contributed by atoms with E-state index in [9.17, 15) is 23.4 Å². The van der Waals surface area contributed by atoms with Crippen molar-refractivity contribution in [3.8, 4) is 0 Å². The summed E-state index contributed by atoms with van der Waals surface area (Å²) < 4.78 is 41.0. The molecule has 1 aliphatic rings. The SMILES string of the molecule is CC(C)C1OCCC(O)C1O.Cc1cccc(C(F)(F)F)n1. The number of ether oxygens (including phenoxy) is 1. The molecule has 3 unspecified atom stereocenters. The highest BCUT2D eigenvalue weighted by atomic mass is 19.4. The Morgan fingerprint density at radius 2 is 1.91 bits per heavy atom. The molecule has 2 heterocycles. The van der Waals surface area contributed by atoms with Crippen molar-refractivity contribution in [3.63, 3.8) is 0 Å². The van der Waals surface area contributed by atoms with Gasteiger partial charge in [-0.3, -0.25) is 0 Å². The normalized spacial score (nSPS) is 25.6. The second kappa shape index (κ2) is 7.89. The molecule has 1 saturated heterocycles. The van der Waals surface area contributed by atoms with Gasteiger partial charge in [-0.1, -0.05) is 19.9 Å². The van der Waals surface area contributed by atoms with E-state index in [2.05, 4.69) is 4.98 Å². The Bertz CT molecular complexity index is 466. The lowest BCUT2D eigenvalue weighted by molar-refractivity contribution is -0.149. The average molecular weight is 321 g/mol. The van der Waals surface area contributed by atoms with Gasteiger partial charge in [0.2, 0.25) is 0 Å². The van der Waals surface area contributed by atoms with Gasteiger partial charge in [-0.25, -0.2) is 4.98 Å². The van der Waals surface area contributed by atoms with Crippen molar-refractivity contribution in [1.29, 1.82) is 0 Å². The fourth-order valence-electron chi connectivity index (χ4n) is 2.10. The Morgan fingerprint density at radius 3 is 2.32 bits per heavy atom. The largest absolute Gasteiger partial charge is 0.433 e. The molecule has 0 saturated carbocycles. The minimum absolute atomic E-state index is 0.196. The summed E-state index contributed by atoms with van der Waals surface area (Å²) in [5.41, 5.74) is -0.461. The molecule has 3 atom stereocenters. The quantitative estimate of drug-likeness (QED) is 0.834. The summed E-state index contributed by atoms with van der Waals surface area (Å²) in [4.78, 5) is 3.32. The number of aliphatic hydroxyl groups is 2. The lowest BCUT2D eigenvalue weighted by Crippen LogP contribution is -2.46. The van der Waals surface area contributed by atoms with Crippen LogP contribution >= 0.6 is 0 Å². The van der Waals surface area contributed by atoms with Gasteiger partial charge in [-0.15, -0.1) is 0 Å². The predicted octanol–water partition coefficient (Wildman–Crippen LogP) is 2.56. The molecule has 1 aliphatic heterocycles. The Kier molecular flexibility index (Phi) is 6.77. The van der Waals surface area contributed by atoms with Crippen molar-refractivity contribution in [3.05, 3.63) is 29.6 Å². The summed E-state index contributed by atoms with van der Waals surface area (Å²) in [6.07, 6.45) is -5.28. The number of pyridine rings is 1. The maximum Gasteiger partial charge on any atom is 0.433 e. The summed E-state index contributed by atoms with van der Waals surface area (Å²) in [5, 5.41) is 18.7. The summed E-state index contributed by atoms with van der Waals surface area (Å²) >= 11 is 0. The highest BCUT2D eigenvalue weighted by molar-refractivity contribution is 5.12. The van der Waals surface area contributed by atoms with Gasteiger partial charge in [0.05, 0.1) is 12.2 Å². The van der Waals surface area contributed by atoms with Gasteiger partial charge in [0, 0.05) is 12.3 Å². The molecule has 2 rings (SSSR count). The van der Waals surface area contributed by atoms with Crippen molar-refractivity contribution in [2.75, 3.05) is 6.61 Å². The molecule has 0 radical (unpaired) electrons. The number of halogens is 3. The van der Waals surface area contributed by atoms with Crippen LogP contribution in [0.15, 0.2) is 18.2 Å². The summed E-state index contributed by atoms with van der Waals surface area (Å²) in [7, 11) is 0. The molecule has 1 fully saturated rings. The lowest BCUT2D eigenvalue weighted by atomic mass is 9.94. The van der Waals surface area contributed by atoms with Crippen molar-refractivity contribution >= 4 is 0 Å². The van der Waals surface area contributed by atoms with Crippen LogP contribution in [0.1, 0.15) is 31.7 Å². The predicted molar refractivity (Wildman–Crippen MR) is 75.2 cm³/mol. The first-order valence-corrected chi connectivity index (χ1v) is 7.11. The van der Waals surface area contributed by atoms with Gasteiger partial charge in [0.15, 0.2) is 0 Å². The number of hydrogen-bond acceptors (Lipinski definition) is 4. The topological polar surface area (TPSA) is 62.6 Å². The Labute approximate surface area is 127 Å². The molecule has 126 valence electrons. The number of nitrogens with zero attached hydrogens (tertiary/aromatic N) is 1. The first-order valence-electron chi connectivity index (χ1n) is 7.11. The molecule has 0 amide bonds. The molecule has 0 spiro atoms. The second-order valence-corrected chi connectivity index (χ2v) is 5.59. The van der Waals surface area contributed by atoms with Crippen molar-refractivity contribution in [2.45, 2.75) is 51.7 Å². The van der Waals surface area contributed by atoms with E-state index in [0.717, 1.165) is 6.07 Å². The third-order valence-electron chi connectivity index (χ3n) is 3.29. The highest BCUT2D eigenvalue weighted by Gasteiger charge is 2.33. The van der Waals surface area contributed by atoms with Crippen LogP contribution < -0.4 is 0 Å². The number of aromatic nitrogens is 1. The van der Waals surface area contributed by atoms with Crippen molar-refractivity contribution < 1.29 is 28.1 Å². The van der Waals surface area contributed by atoms with Gasteiger partial charge < -0.3 is 14.9 Å². The smallest absolute Gasteiger partial charge is 0.390 e. The fraction of sp³-hybridized carbons (Fsp3) is 0.667. The zero-order chi connectivity index (χ0) is 16.9. The van der Waals surface area contributed by atoms with Crippen LogP contribution in [0, 0.1) is 12.8 Å². The Balaban J connectivity index is 0.000000220. The van der Waals surface area contributed by atoms with E-state index in [0.29, 0.717) is 18.7 Å². The average Bonchev–Trinajstić information content (AvgIpc) is 2.41. The van der Waals surface area contributed by atoms with Crippen LogP contribution in [-0.4, -0.2) is 40.1 Å². The van der Waals surface area contributed by atoms with Gasteiger partial charge in [0.25, 0.3) is 0 Å². The van der Waals surface area contributed by atoms with Crippen LogP contribution in [0.3, 0.4) is 0 Å². The summed E-state index contributed by atoms with van der Waals surface area (Å²) in [6.45, 7) is 6.04. The van der Waals surface area contributed by atoms with E-state index in [1.54, 1.807) is 0 Å². The first kappa shape index (κ1) is 18.9. The van der Waals surface area contributed by atoms with E-state index in [1.165, 1.54) is 19.1 Å². The van der Waals surface area contributed by atoms with E-state index in [4.69, 9.17) is 4.74 Å². The third-order valence-corrected chi connectivity index (χ3v) is 3.29. The molecule has 0 bridgehead atoms. The summed E-state index contributed by atoms with van der Waals surface area (Å²) in [6, 6.07) is 3.81. The molecule has 7 heteroatoms. The van der Waals surface area contributed by atoms with Crippen LogP contribution in [0.2, 0.25) is 0 Å². The maximum absolute atomic E-state index is 11.9.